The van der Waals surface area contributed by atoms with Crippen molar-refractivity contribution in [2.75, 3.05) is 18.8 Å². The second kappa shape index (κ2) is 5.37. The monoisotopic (exact) mass is 296 g/mol. The molecule has 0 saturated carbocycles. The van der Waals surface area contributed by atoms with Crippen molar-refractivity contribution in [2.45, 2.75) is 39.0 Å². The Hall–Kier alpha value is -1.07. The molecule has 1 aliphatic rings. The lowest BCUT2D eigenvalue weighted by molar-refractivity contribution is 0.388. The molecule has 0 aliphatic carbocycles. The molecule has 1 aromatic carbocycles. The fourth-order valence-corrected chi connectivity index (χ4v) is 4.86. The normalized spacial score (nSPS) is 20.8. The summed E-state index contributed by atoms with van der Waals surface area (Å²) in [6, 6.07) is 3.55. The topological polar surface area (TPSA) is 63.4 Å². The van der Waals surface area contributed by atoms with Gasteiger partial charge in [-0.15, -0.1) is 0 Å². The zero-order valence-electron chi connectivity index (χ0n) is 12.7. The molecule has 0 aromatic heterocycles. The average Bonchev–Trinajstić information content (AvgIpc) is 2.84. The first-order valence-electron chi connectivity index (χ1n) is 7.11. The van der Waals surface area contributed by atoms with Gasteiger partial charge >= 0.3 is 0 Å². The van der Waals surface area contributed by atoms with Crippen molar-refractivity contribution in [3.8, 4) is 0 Å². The highest BCUT2D eigenvalue weighted by molar-refractivity contribution is 7.89. The van der Waals surface area contributed by atoms with Gasteiger partial charge in [-0.25, -0.2) is 8.42 Å². The van der Waals surface area contributed by atoms with Crippen LogP contribution in [0.1, 0.15) is 31.4 Å². The SMILES string of the molecule is Cc1ccc(N)c(C)c1S(=O)(=O)N1CCC(C(C)C)C1. The number of rotatable bonds is 3. The number of benzene rings is 1. The summed E-state index contributed by atoms with van der Waals surface area (Å²) in [5, 5.41) is 0. The fraction of sp³-hybridized carbons (Fsp3) is 0.600. The van der Waals surface area contributed by atoms with E-state index in [1.54, 1.807) is 23.4 Å². The summed E-state index contributed by atoms with van der Waals surface area (Å²) < 4.78 is 27.4. The van der Waals surface area contributed by atoms with Gasteiger partial charge < -0.3 is 5.73 Å². The van der Waals surface area contributed by atoms with Gasteiger partial charge in [0.25, 0.3) is 0 Å². The molecule has 1 unspecified atom stereocenters. The predicted molar refractivity (Wildman–Crippen MR) is 82.0 cm³/mol. The minimum Gasteiger partial charge on any atom is -0.398 e. The maximum atomic E-state index is 12.9. The summed E-state index contributed by atoms with van der Waals surface area (Å²) in [5.74, 6) is 0.963. The molecule has 112 valence electrons. The third-order valence-corrected chi connectivity index (χ3v) is 6.53. The summed E-state index contributed by atoms with van der Waals surface area (Å²) in [7, 11) is -3.44. The molecule has 0 radical (unpaired) electrons. The summed E-state index contributed by atoms with van der Waals surface area (Å²) in [5.41, 5.74) is 7.85. The van der Waals surface area contributed by atoms with Crippen LogP contribution in [-0.4, -0.2) is 25.8 Å². The molecular formula is C15H24N2O2S. The second-order valence-electron chi connectivity index (χ2n) is 6.08. The van der Waals surface area contributed by atoms with Crippen molar-refractivity contribution < 1.29 is 8.42 Å². The second-order valence-corrected chi connectivity index (χ2v) is 7.96. The molecular weight excluding hydrogens is 272 g/mol. The Morgan fingerprint density at radius 3 is 2.50 bits per heavy atom. The summed E-state index contributed by atoms with van der Waals surface area (Å²) >= 11 is 0. The van der Waals surface area contributed by atoms with Gasteiger partial charge in [-0.3, -0.25) is 0 Å². The number of hydrogen-bond donors (Lipinski definition) is 1. The van der Waals surface area contributed by atoms with Gasteiger partial charge in [0.15, 0.2) is 0 Å². The van der Waals surface area contributed by atoms with E-state index in [2.05, 4.69) is 13.8 Å². The first-order chi connectivity index (χ1) is 9.25. The van der Waals surface area contributed by atoms with Crippen molar-refractivity contribution in [2.24, 2.45) is 11.8 Å². The molecule has 2 rings (SSSR count). The van der Waals surface area contributed by atoms with Crippen LogP contribution in [0.25, 0.3) is 0 Å². The van der Waals surface area contributed by atoms with Crippen molar-refractivity contribution in [1.29, 1.82) is 0 Å². The van der Waals surface area contributed by atoms with Gasteiger partial charge in [-0.1, -0.05) is 19.9 Å². The highest BCUT2D eigenvalue weighted by Crippen LogP contribution is 2.32. The van der Waals surface area contributed by atoms with Crippen LogP contribution in [0.4, 0.5) is 5.69 Å². The van der Waals surface area contributed by atoms with E-state index >= 15 is 0 Å². The Balaban J connectivity index is 2.40. The fourth-order valence-electron chi connectivity index (χ4n) is 2.88. The number of sulfonamides is 1. The minimum atomic E-state index is -3.44. The Labute approximate surface area is 122 Å². The number of nitrogens with zero attached hydrogens (tertiary/aromatic N) is 1. The van der Waals surface area contributed by atoms with E-state index in [1.165, 1.54) is 0 Å². The van der Waals surface area contributed by atoms with Crippen LogP contribution in [0.2, 0.25) is 0 Å². The number of aryl methyl sites for hydroxylation is 1. The molecule has 1 saturated heterocycles. The van der Waals surface area contributed by atoms with E-state index in [0.29, 0.717) is 41.1 Å². The van der Waals surface area contributed by atoms with E-state index in [9.17, 15) is 8.42 Å². The van der Waals surface area contributed by atoms with Crippen LogP contribution in [0.5, 0.6) is 0 Å². The number of nitrogen functional groups attached to an aromatic ring is 1. The smallest absolute Gasteiger partial charge is 0.243 e. The van der Waals surface area contributed by atoms with E-state index in [1.807, 2.05) is 6.92 Å². The molecule has 5 heteroatoms. The third kappa shape index (κ3) is 2.56. The van der Waals surface area contributed by atoms with Crippen LogP contribution in [0.15, 0.2) is 17.0 Å². The van der Waals surface area contributed by atoms with Crippen LogP contribution >= 0.6 is 0 Å². The molecule has 2 N–H and O–H groups in total. The summed E-state index contributed by atoms with van der Waals surface area (Å²) in [4.78, 5) is 0.391. The van der Waals surface area contributed by atoms with Crippen LogP contribution in [0.3, 0.4) is 0 Å². The van der Waals surface area contributed by atoms with E-state index in [4.69, 9.17) is 5.73 Å². The van der Waals surface area contributed by atoms with Crippen LogP contribution < -0.4 is 5.73 Å². The number of hydrogen-bond acceptors (Lipinski definition) is 3. The predicted octanol–water partition coefficient (Wildman–Crippen LogP) is 2.55. The molecule has 1 heterocycles. The minimum absolute atomic E-state index is 0.391. The molecule has 20 heavy (non-hydrogen) atoms. The maximum Gasteiger partial charge on any atom is 0.243 e. The van der Waals surface area contributed by atoms with E-state index in [-0.39, 0.29) is 0 Å². The molecule has 0 bridgehead atoms. The molecule has 0 amide bonds. The van der Waals surface area contributed by atoms with Crippen molar-refractivity contribution in [1.82, 2.24) is 4.31 Å². The largest absolute Gasteiger partial charge is 0.398 e. The molecule has 0 spiro atoms. The van der Waals surface area contributed by atoms with Crippen LogP contribution in [-0.2, 0) is 10.0 Å². The molecule has 1 atom stereocenters. The Kier molecular flexibility index (Phi) is 4.12. The van der Waals surface area contributed by atoms with Gasteiger partial charge in [0, 0.05) is 18.8 Å². The van der Waals surface area contributed by atoms with Crippen molar-refractivity contribution in [3.05, 3.63) is 23.3 Å². The standard InChI is InChI=1S/C15H24N2O2S/c1-10(2)13-7-8-17(9-13)20(18,19)15-11(3)5-6-14(16)12(15)4/h5-6,10,13H,7-9,16H2,1-4H3. The third-order valence-electron chi connectivity index (χ3n) is 4.37. The molecule has 4 nitrogen and oxygen atoms in total. The lowest BCUT2D eigenvalue weighted by Crippen LogP contribution is -2.30. The highest BCUT2D eigenvalue weighted by atomic mass is 32.2. The number of nitrogens with two attached hydrogens (primary N) is 1. The maximum absolute atomic E-state index is 12.9. The zero-order chi connectivity index (χ0) is 15.1. The lowest BCUT2D eigenvalue weighted by Gasteiger charge is -2.21. The summed E-state index contributed by atoms with van der Waals surface area (Å²) in [6.07, 6.45) is 0.942. The van der Waals surface area contributed by atoms with Gasteiger partial charge in [-0.05, 0) is 49.3 Å². The van der Waals surface area contributed by atoms with Crippen LogP contribution in [0, 0.1) is 25.7 Å². The molecule has 1 fully saturated rings. The first-order valence-corrected chi connectivity index (χ1v) is 8.55. The van der Waals surface area contributed by atoms with Gasteiger partial charge in [0.05, 0.1) is 4.90 Å². The van der Waals surface area contributed by atoms with E-state index in [0.717, 1.165) is 12.0 Å². The van der Waals surface area contributed by atoms with Gasteiger partial charge in [0.2, 0.25) is 10.0 Å². The Morgan fingerprint density at radius 2 is 1.95 bits per heavy atom. The van der Waals surface area contributed by atoms with Crippen molar-refractivity contribution >= 4 is 15.7 Å². The van der Waals surface area contributed by atoms with Crippen molar-refractivity contribution in [3.63, 3.8) is 0 Å². The summed E-state index contributed by atoms with van der Waals surface area (Å²) in [6.45, 7) is 9.14. The van der Waals surface area contributed by atoms with Gasteiger partial charge in [0.1, 0.15) is 0 Å². The Morgan fingerprint density at radius 1 is 1.30 bits per heavy atom. The zero-order valence-corrected chi connectivity index (χ0v) is 13.5. The first kappa shape index (κ1) is 15.3. The van der Waals surface area contributed by atoms with Gasteiger partial charge in [-0.2, -0.15) is 4.31 Å². The number of anilines is 1. The highest BCUT2D eigenvalue weighted by Gasteiger charge is 2.35. The quantitative estimate of drug-likeness (QED) is 0.872. The van der Waals surface area contributed by atoms with E-state index < -0.39 is 10.0 Å². The average molecular weight is 296 g/mol. The lowest BCUT2D eigenvalue weighted by atomic mass is 9.96. The molecule has 1 aromatic rings. The Bertz CT molecular complexity index is 609. The molecule has 1 aliphatic heterocycles.